The Bertz CT molecular complexity index is 510. The molecule has 1 atom stereocenters. The quantitative estimate of drug-likeness (QED) is 0.871. The maximum Gasteiger partial charge on any atom is 0.393 e. The Morgan fingerprint density at radius 2 is 2.29 bits per heavy atom. The SMILES string of the molecule is O=C(CN1CCCC(C(F)(F)F)C1)Nc1cccnc1Cl. The summed E-state index contributed by atoms with van der Waals surface area (Å²) in [6.07, 6.45) is -2.17. The van der Waals surface area contributed by atoms with E-state index in [4.69, 9.17) is 11.6 Å². The first-order valence-corrected chi connectivity index (χ1v) is 6.93. The summed E-state index contributed by atoms with van der Waals surface area (Å²) in [5.74, 6) is -1.76. The number of rotatable bonds is 3. The molecule has 2 heterocycles. The van der Waals surface area contributed by atoms with Gasteiger partial charge in [-0.3, -0.25) is 9.69 Å². The van der Waals surface area contributed by atoms with Crippen LogP contribution in [-0.4, -0.2) is 41.6 Å². The molecule has 1 aliphatic rings. The number of nitrogens with zero attached hydrogens (tertiary/aromatic N) is 2. The number of alkyl halides is 3. The molecule has 0 saturated carbocycles. The van der Waals surface area contributed by atoms with E-state index in [1.807, 2.05) is 0 Å². The van der Waals surface area contributed by atoms with Gasteiger partial charge in [0.25, 0.3) is 0 Å². The van der Waals surface area contributed by atoms with Crippen LogP contribution in [0.2, 0.25) is 5.15 Å². The second-order valence-electron chi connectivity index (χ2n) is 5.01. The van der Waals surface area contributed by atoms with Crippen molar-refractivity contribution >= 4 is 23.2 Å². The molecule has 1 unspecified atom stereocenters. The standard InChI is InChI=1S/C13H15ClF3N3O/c14-12-10(4-1-5-18-12)19-11(21)8-20-6-2-3-9(7-20)13(15,16)17/h1,4-5,9H,2-3,6-8H2,(H,19,21). The molecule has 0 aliphatic carbocycles. The van der Waals surface area contributed by atoms with Crippen LogP contribution in [-0.2, 0) is 4.79 Å². The van der Waals surface area contributed by atoms with Gasteiger partial charge in [-0.25, -0.2) is 4.98 Å². The molecule has 1 fully saturated rings. The number of nitrogens with one attached hydrogen (secondary N) is 1. The molecule has 1 amide bonds. The highest BCUT2D eigenvalue weighted by Crippen LogP contribution is 2.33. The van der Waals surface area contributed by atoms with Crippen LogP contribution in [0.1, 0.15) is 12.8 Å². The molecule has 1 aromatic rings. The third-order valence-electron chi connectivity index (χ3n) is 3.37. The first-order valence-electron chi connectivity index (χ1n) is 6.55. The molecule has 1 aliphatic heterocycles. The number of amides is 1. The van der Waals surface area contributed by atoms with Crippen LogP contribution in [0.3, 0.4) is 0 Å². The van der Waals surface area contributed by atoms with Crippen molar-refractivity contribution in [3.05, 3.63) is 23.5 Å². The fourth-order valence-electron chi connectivity index (χ4n) is 2.34. The van der Waals surface area contributed by atoms with Crippen molar-refractivity contribution in [2.45, 2.75) is 19.0 Å². The minimum atomic E-state index is -4.21. The molecule has 21 heavy (non-hydrogen) atoms. The zero-order valence-corrected chi connectivity index (χ0v) is 11.9. The fourth-order valence-corrected chi connectivity index (χ4v) is 2.51. The van der Waals surface area contributed by atoms with Gasteiger partial charge in [0, 0.05) is 12.7 Å². The molecule has 0 bridgehead atoms. The van der Waals surface area contributed by atoms with Crippen LogP contribution in [0.25, 0.3) is 0 Å². The zero-order valence-electron chi connectivity index (χ0n) is 11.2. The lowest BCUT2D eigenvalue weighted by molar-refractivity contribution is -0.186. The van der Waals surface area contributed by atoms with Crippen molar-refractivity contribution in [3.8, 4) is 0 Å². The first kappa shape index (κ1) is 16.0. The minimum Gasteiger partial charge on any atom is -0.322 e. The highest BCUT2D eigenvalue weighted by atomic mass is 35.5. The number of halogens is 4. The summed E-state index contributed by atoms with van der Waals surface area (Å²) in [5, 5.41) is 2.71. The van der Waals surface area contributed by atoms with Gasteiger partial charge in [0.05, 0.1) is 18.2 Å². The monoisotopic (exact) mass is 321 g/mol. The van der Waals surface area contributed by atoms with E-state index in [1.165, 1.54) is 11.1 Å². The molecule has 0 spiro atoms. The molecule has 4 nitrogen and oxygen atoms in total. The Morgan fingerprint density at radius 1 is 1.52 bits per heavy atom. The Labute approximate surface area is 125 Å². The van der Waals surface area contributed by atoms with Gasteiger partial charge in [0.2, 0.25) is 5.91 Å². The lowest BCUT2D eigenvalue weighted by Gasteiger charge is -2.33. The van der Waals surface area contributed by atoms with E-state index in [9.17, 15) is 18.0 Å². The van der Waals surface area contributed by atoms with Gasteiger partial charge in [-0.2, -0.15) is 13.2 Å². The van der Waals surface area contributed by atoms with Crippen molar-refractivity contribution in [2.75, 3.05) is 25.0 Å². The maximum atomic E-state index is 12.7. The molecular formula is C13H15ClF3N3O. The summed E-state index contributed by atoms with van der Waals surface area (Å²) in [7, 11) is 0. The van der Waals surface area contributed by atoms with Gasteiger partial charge in [0.1, 0.15) is 0 Å². The molecule has 8 heteroatoms. The van der Waals surface area contributed by atoms with Crippen molar-refractivity contribution < 1.29 is 18.0 Å². The van der Waals surface area contributed by atoms with E-state index in [1.54, 1.807) is 12.1 Å². The summed E-state index contributed by atoms with van der Waals surface area (Å²) in [6.45, 7) is 0.260. The van der Waals surface area contributed by atoms with Gasteiger partial charge in [-0.1, -0.05) is 11.6 Å². The van der Waals surface area contributed by atoms with Crippen LogP contribution in [0.4, 0.5) is 18.9 Å². The third-order valence-corrected chi connectivity index (χ3v) is 3.67. The van der Waals surface area contributed by atoms with Crippen molar-refractivity contribution in [1.82, 2.24) is 9.88 Å². The molecule has 1 saturated heterocycles. The van der Waals surface area contributed by atoms with Crippen LogP contribution in [0.15, 0.2) is 18.3 Å². The van der Waals surface area contributed by atoms with Gasteiger partial charge >= 0.3 is 6.18 Å². The molecule has 0 radical (unpaired) electrons. The number of aromatic nitrogens is 1. The molecule has 0 aromatic carbocycles. The number of hydrogen-bond acceptors (Lipinski definition) is 3. The average Bonchev–Trinajstić information content (AvgIpc) is 2.41. The Kier molecular flexibility index (Phi) is 5.05. The lowest BCUT2D eigenvalue weighted by Crippen LogP contribution is -2.44. The largest absolute Gasteiger partial charge is 0.393 e. The predicted octanol–water partition coefficient (Wildman–Crippen LogP) is 2.95. The Morgan fingerprint density at radius 3 is 2.95 bits per heavy atom. The number of carbonyl (C=O) groups is 1. The summed E-state index contributed by atoms with van der Waals surface area (Å²) < 4.78 is 38.1. The number of pyridine rings is 1. The first-order chi connectivity index (χ1) is 9.86. The molecule has 1 N–H and O–H groups in total. The van der Waals surface area contributed by atoms with Crippen molar-refractivity contribution in [2.24, 2.45) is 5.92 Å². The number of hydrogen-bond donors (Lipinski definition) is 1. The van der Waals surface area contributed by atoms with E-state index in [0.717, 1.165) is 0 Å². The van der Waals surface area contributed by atoms with Crippen molar-refractivity contribution in [3.63, 3.8) is 0 Å². The Hall–Kier alpha value is -1.34. The summed E-state index contributed by atoms with van der Waals surface area (Å²) in [6, 6.07) is 3.20. The maximum absolute atomic E-state index is 12.7. The summed E-state index contributed by atoms with van der Waals surface area (Å²) >= 11 is 5.81. The second-order valence-corrected chi connectivity index (χ2v) is 5.36. The minimum absolute atomic E-state index is 0.0855. The molecular weight excluding hydrogens is 307 g/mol. The fraction of sp³-hybridized carbons (Fsp3) is 0.538. The van der Waals surface area contributed by atoms with Crippen LogP contribution >= 0.6 is 11.6 Å². The predicted molar refractivity (Wildman–Crippen MR) is 73.1 cm³/mol. The number of piperidine rings is 1. The Balaban J connectivity index is 1.89. The van der Waals surface area contributed by atoms with E-state index in [2.05, 4.69) is 10.3 Å². The highest BCUT2D eigenvalue weighted by Gasteiger charge is 2.41. The zero-order chi connectivity index (χ0) is 15.5. The molecule has 2 rings (SSSR count). The number of anilines is 1. The van der Waals surface area contributed by atoms with E-state index in [0.29, 0.717) is 18.7 Å². The number of likely N-dealkylation sites (tertiary alicyclic amines) is 1. The normalized spacial score (nSPS) is 20.3. The van der Waals surface area contributed by atoms with Crippen LogP contribution < -0.4 is 5.32 Å². The lowest BCUT2D eigenvalue weighted by atomic mass is 9.97. The highest BCUT2D eigenvalue weighted by molar-refractivity contribution is 6.32. The van der Waals surface area contributed by atoms with E-state index >= 15 is 0 Å². The summed E-state index contributed by atoms with van der Waals surface area (Å²) in [4.78, 5) is 17.2. The smallest absolute Gasteiger partial charge is 0.322 e. The van der Waals surface area contributed by atoms with Crippen molar-refractivity contribution in [1.29, 1.82) is 0 Å². The summed E-state index contributed by atoms with van der Waals surface area (Å²) in [5.41, 5.74) is 0.355. The average molecular weight is 322 g/mol. The van der Waals surface area contributed by atoms with Crippen LogP contribution in [0.5, 0.6) is 0 Å². The van der Waals surface area contributed by atoms with E-state index < -0.39 is 18.0 Å². The van der Waals surface area contributed by atoms with Gasteiger partial charge in [-0.05, 0) is 31.5 Å². The third kappa shape index (κ3) is 4.57. The molecule has 1 aromatic heterocycles. The van der Waals surface area contributed by atoms with Gasteiger partial charge in [0.15, 0.2) is 5.15 Å². The van der Waals surface area contributed by atoms with Gasteiger partial charge < -0.3 is 5.32 Å². The second kappa shape index (κ2) is 6.62. The molecule has 116 valence electrons. The number of carbonyl (C=O) groups excluding carboxylic acids is 1. The van der Waals surface area contributed by atoms with Gasteiger partial charge in [-0.15, -0.1) is 0 Å². The van der Waals surface area contributed by atoms with Crippen LogP contribution in [0, 0.1) is 5.92 Å². The topological polar surface area (TPSA) is 45.2 Å². The van der Waals surface area contributed by atoms with E-state index in [-0.39, 0.29) is 24.7 Å².